The average molecular weight is 427 g/mol. The monoisotopic (exact) mass is 427 g/mol. The van der Waals surface area contributed by atoms with Crippen molar-refractivity contribution in [3.05, 3.63) is 89.6 Å². The number of rotatable bonds is 4. The Morgan fingerprint density at radius 3 is 2.65 bits per heavy atom. The molecule has 3 N–H and O–H groups in total. The highest BCUT2D eigenvalue weighted by Gasteiger charge is 2.20. The van der Waals surface area contributed by atoms with Gasteiger partial charge in [-0.05, 0) is 35.9 Å². The van der Waals surface area contributed by atoms with E-state index in [9.17, 15) is 9.59 Å². The predicted octanol–water partition coefficient (Wildman–Crippen LogP) is 4.12. The van der Waals surface area contributed by atoms with Gasteiger partial charge in [-0.2, -0.15) is 15.4 Å². The van der Waals surface area contributed by atoms with Crippen molar-refractivity contribution >= 4 is 29.3 Å². The number of aromatic nitrogens is 3. The molecule has 1 aromatic heterocycles. The Morgan fingerprint density at radius 1 is 1.00 bits per heavy atom. The Labute approximate surface area is 182 Å². The second-order valence-corrected chi connectivity index (χ2v) is 8.08. The minimum Gasteiger partial charge on any atom is -0.348 e. The SMILES string of the molecule is O=C(NCc1ccc(-c2cn[nH]n2)cc1)c1ccc2c(c1)NC(=O)c1ccccc1S2. The lowest BCUT2D eigenvalue weighted by molar-refractivity contribution is 0.0949. The molecule has 1 aliphatic heterocycles. The van der Waals surface area contributed by atoms with Crippen molar-refractivity contribution in [3.63, 3.8) is 0 Å². The topological polar surface area (TPSA) is 99.8 Å². The van der Waals surface area contributed by atoms with E-state index in [1.54, 1.807) is 24.4 Å². The van der Waals surface area contributed by atoms with Gasteiger partial charge in [0.1, 0.15) is 5.69 Å². The van der Waals surface area contributed by atoms with Gasteiger partial charge in [0.05, 0.1) is 17.4 Å². The lowest BCUT2D eigenvalue weighted by atomic mass is 10.1. The normalized spacial score (nSPS) is 12.3. The summed E-state index contributed by atoms with van der Waals surface area (Å²) in [7, 11) is 0. The number of amides is 2. The summed E-state index contributed by atoms with van der Waals surface area (Å²) in [4.78, 5) is 27.0. The molecule has 31 heavy (non-hydrogen) atoms. The van der Waals surface area contributed by atoms with Crippen LogP contribution in [0.15, 0.2) is 82.7 Å². The predicted molar refractivity (Wildman–Crippen MR) is 118 cm³/mol. The van der Waals surface area contributed by atoms with Gasteiger partial charge in [0, 0.05) is 27.5 Å². The molecule has 1 aliphatic rings. The van der Waals surface area contributed by atoms with E-state index < -0.39 is 0 Å². The van der Waals surface area contributed by atoms with Gasteiger partial charge in [-0.15, -0.1) is 0 Å². The molecular formula is C23H17N5O2S. The van der Waals surface area contributed by atoms with Crippen LogP contribution < -0.4 is 10.6 Å². The first-order chi connectivity index (χ1) is 15.2. The molecule has 152 valence electrons. The van der Waals surface area contributed by atoms with E-state index in [0.717, 1.165) is 26.6 Å². The summed E-state index contributed by atoms with van der Waals surface area (Å²) in [5.74, 6) is -0.379. The Bertz CT molecular complexity index is 1270. The number of anilines is 1. The van der Waals surface area contributed by atoms with Crippen LogP contribution in [0.5, 0.6) is 0 Å². The molecule has 0 fully saturated rings. The second-order valence-electron chi connectivity index (χ2n) is 7.00. The summed E-state index contributed by atoms with van der Waals surface area (Å²) < 4.78 is 0. The summed E-state index contributed by atoms with van der Waals surface area (Å²) in [6, 6.07) is 20.6. The molecule has 0 saturated heterocycles. The number of carbonyl (C=O) groups excluding carboxylic acids is 2. The van der Waals surface area contributed by atoms with Crippen LogP contribution in [0.4, 0.5) is 5.69 Å². The molecular weight excluding hydrogens is 410 g/mol. The lowest BCUT2D eigenvalue weighted by Crippen LogP contribution is -2.23. The zero-order valence-corrected chi connectivity index (χ0v) is 17.1. The molecule has 8 heteroatoms. The summed E-state index contributed by atoms with van der Waals surface area (Å²) in [5, 5.41) is 16.3. The number of carbonyl (C=O) groups is 2. The van der Waals surface area contributed by atoms with E-state index in [0.29, 0.717) is 23.4 Å². The zero-order valence-electron chi connectivity index (χ0n) is 16.3. The van der Waals surface area contributed by atoms with Gasteiger partial charge in [-0.1, -0.05) is 48.2 Å². The minimum atomic E-state index is -0.204. The summed E-state index contributed by atoms with van der Waals surface area (Å²) in [5.41, 5.74) is 4.44. The molecule has 0 unspecified atom stereocenters. The van der Waals surface area contributed by atoms with Crippen molar-refractivity contribution in [3.8, 4) is 11.3 Å². The first-order valence-electron chi connectivity index (χ1n) is 9.63. The highest BCUT2D eigenvalue weighted by atomic mass is 32.2. The van der Waals surface area contributed by atoms with Gasteiger partial charge in [0.2, 0.25) is 0 Å². The number of nitrogens with zero attached hydrogens (tertiary/aromatic N) is 2. The van der Waals surface area contributed by atoms with Crippen molar-refractivity contribution in [1.29, 1.82) is 0 Å². The third-order valence-electron chi connectivity index (χ3n) is 4.96. The molecule has 5 rings (SSSR count). The van der Waals surface area contributed by atoms with Crippen LogP contribution in [0, 0.1) is 0 Å². The first-order valence-corrected chi connectivity index (χ1v) is 10.4. The number of H-pyrrole nitrogens is 1. The lowest BCUT2D eigenvalue weighted by Gasteiger charge is -2.10. The van der Waals surface area contributed by atoms with Gasteiger partial charge >= 0.3 is 0 Å². The average Bonchev–Trinajstić information content (AvgIpc) is 3.29. The summed E-state index contributed by atoms with van der Waals surface area (Å²) in [6.07, 6.45) is 1.66. The van der Waals surface area contributed by atoms with Crippen molar-refractivity contribution in [2.24, 2.45) is 0 Å². The third-order valence-corrected chi connectivity index (χ3v) is 6.11. The molecule has 0 atom stereocenters. The number of benzene rings is 3. The number of hydrogen-bond donors (Lipinski definition) is 3. The molecule has 7 nitrogen and oxygen atoms in total. The van der Waals surface area contributed by atoms with Gasteiger partial charge in [-0.25, -0.2) is 0 Å². The second kappa shape index (κ2) is 8.08. The van der Waals surface area contributed by atoms with Crippen LogP contribution >= 0.6 is 11.8 Å². The fourth-order valence-corrected chi connectivity index (χ4v) is 4.34. The largest absolute Gasteiger partial charge is 0.348 e. The van der Waals surface area contributed by atoms with Gasteiger partial charge in [0.15, 0.2) is 0 Å². The maximum Gasteiger partial charge on any atom is 0.256 e. The van der Waals surface area contributed by atoms with E-state index in [2.05, 4.69) is 26.0 Å². The van der Waals surface area contributed by atoms with E-state index in [-0.39, 0.29) is 11.8 Å². The summed E-state index contributed by atoms with van der Waals surface area (Å²) in [6.45, 7) is 0.390. The van der Waals surface area contributed by atoms with Gasteiger partial charge in [0.25, 0.3) is 11.8 Å². The van der Waals surface area contributed by atoms with E-state index in [1.165, 1.54) is 11.8 Å². The quantitative estimate of drug-likeness (QED) is 0.455. The van der Waals surface area contributed by atoms with E-state index >= 15 is 0 Å². The highest BCUT2D eigenvalue weighted by Crippen LogP contribution is 2.39. The van der Waals surface area contributed by atoms with Crippen molar-refractivity contribution in [2.45, 2.75) is 16.3 Å². The molecule has 4 aromatic rings. The Kier molecular flexibility index (Phi) is 4.97. The first kappa shape index (κ1) is 19.1. The smallest absolute Gasteiger partial charge is 0.256 e. The van der Waals surface area contributed by atoms with Crippen LogP contribution in [0.1, 0.15) is 26.3 Å². The fraction of sp³-hybridized carbons (Fsp3) is 0.0435. The molecule has 0 aliphatic carbocycles. The molecule has 3 aromatic carbocycles. The van der Waals surface area contributed by atoms with Crippen molar-refractivity contribution in [2.75, 3.05) is 5.32 Å². The fourth-order valence-electron chi connectivity index (χ4n) is 3.33. The molecule has 0 bridgehead atoms. The highest BCUT2D eigenvalue weighted by molar-refractivity contribution is 7.99. The van der Waals surface area contributed by atoms with Crippen LogP contribution in [-0.2, 0) is 6.54 Å². The van der Waals surface area contributed by atoms with Crippen LogP contribution in [0.25, 0.3) is 11.3 Å². The minimum absolute atomic E-state index is 0.174. The number of nitrogens with one attached hydrogen (secondary N) is 3. The van der Waals surface area contributed by atoms with Crippen LogP contribution in [0.3, 0.4) is 0 Å². The Morgan fingerprint density at radius 2 is 1.84 bits per heavy atom. The zero-order chi connectivity index (χ0) is 21.2. The Balaban J connectivity index is 1.28. The van der Waals surface area contributed by atoms with E-state index in [4.69, 9.17) is 0 Å². The maximum atomic E-state index is 12.7. The standard InChI is InChI=1S/C23H17N5O2S/c29-22(24-12-14-5-7-15(8-6-14)19-13-25-28-27-19)16-9-10-21-18(11-16)26-23(30)17-3-1-2-4-20(17)31-21/h1-11,13H,12H2,(H,24,29)(H,26,30)(H,25,27,28). The van der Waals surface area contributed by atoms with Crippen LogP contribution in [-0.4, -0.2) is 27.2 Å². The molecule has 0 spiro atoms. The van der Waals surface area contributed by atoms with Crippen molar-refractivity contribution in [1.82, 2.24) is 20.7 Å². The van der Waals surface area contributed by atoms with Crippen molar-refractivity contribution < 1.29 is 9.59 Å². The van der Waals surface area contributed by atoms with Gasteiger partial charge in [-0.3, -0.25) is 9.59 Å². The molecule has 2 heterocycles. The molecule has 0 radical (unpaired) electrons. The number of hydrogen-bond acceptors (Lipinski definition) is 5. The van der Waals surface area contributed by atoms with E-state index in [1.807, 2.05) is 48.5 Å². The maximum absolute atomic E-state index is 12.7. The summed E-state index contributed by atoms with van der Waals surface area (Å²) >= 11 is 1.51. The third kappa shape index (κ3) is 3.93. The Hall–Kier alpha value is -3.91. The molecule has 0 saturated carbocycles. The van der Waals surface area contributed by atoms with Crippen LogP contribution in [0.2, 0.25) is 0 Å². The number of fused-ring (bicyclic) bond motifs is 2. The van der Waals surface area contributed by atoms with Gasteiger partial charge < -0.3 is 10.6 Å². The molecule has 2 amide bonds. The number of aromatic amines is 1.